The Morgan fingerprint density at radius 2 is 1.53 bits per heavy atom. The van der Waals surface area contributed by atoms with E-state index in [0.717, 1.165) is 0 Å². The van der Waals surface area contributed by atoms with Gasteiger partial charge in [-0.2, -0.15) is 0 Å². The van der Waals surface area contributed by atoms with E-state index in [9.17, 15) is 15.0 Å². The van der Waals surface area contributed by atoms with Gasteiger partial charge in [-0.25, -0.2) is 0 Å². The highest BCUT2D eigenvalue weighted by Gasteiger charge is 2.38. The van der Waals surface area contributed by atoms with Crippen LogP contribution in [0.2, 0.25) is 0 Å². The molecule has 0 aliphatic carbocycles. The molecule has 188 valence electrons. The number of rotatable bonds is 6. The number of aliphatic hydroxyl groups excluding tert-OH is 1. The molecule has 0 unspecified atom stereocenters. The van der Waals surface area contributed by atoms with Gasteiger partial charge < -0.3 is 43.1 Å². The van der Waals surface area contributed by atoms with E-state index in [1.165, 1.54) is 34.5 Å². The van der Waals surface area contributed by atoms with Crippen molar-refractivity contribution < 1.29 is 43.1 Å². The Bertz CT molecular complexity index is 1500. The van der Waals surface area contributed by atoms with Crippen molar-refractivity contribution in [2.24, 2.45) is 0 Å². The highest BCUT2D eigenvalue weighted by atomic mass is 16.6. The van der Waals surface area contributed by atoms with Crippen LogP contribution in [0.4, 0.5) is 0 Å². The largest absolute Gasteiger partial charge is 0.502 e. The molecule has 1 aromatic heterocycles. The highest BCUT2D eigenvalue weighted by molar-refractivity contribution is 5.97. The first-order valence-corrected chi connectivity index (χ1v) is 11.0. The van der Waals surface area contributed by atoms with Gasteiger partial charge in [0, 0.05) is 5.56 Å². The van der Waals surface area contributed by atoms with Crippen molar-refractivity contribution in [1.82, 2.24) is 0 Å². The monoisotopic (exact) mass is 496 g/mol. The summed E-state index contributed by atoms with van der Waals surface area (Å²) >= 11 is 0. The van der Waals surface area contributed by atoms with E-state index in [4.69, 9.17) is 32.8 Å². The average molecular weight is 496 g/mol. The molecule has 0 radical (unpaired) electrons. The van der Waals surface area contributed by atoms with Gasteiger partial charge in [-0.3, -0.25) is 4.79 Å². The highest BCUT2D eigenvalue weighted by Crippen LogP contribution is 2.51. The van der Waals surface area contributed by atoms with Crippen molar-refractivity contribution in [3.05, 3.63) is 52.2 Å². The summed E-state index contributed by atoms with van der Waals surface area (Å²) in [7, 11) is 5.73. The predicted octanol–water partition coefficient (Wildman–Crippen LogP) is 3.56. The van der Waals surface area contributed by atoms with Crippen molar-refractivity contribution in [3.8, 4) is 40.2 Å². The average Bonchev–Trinajstić information content (AvgIpc) is 2.91. The number of methoxy groups -OCH3 is 4. The van der Waals surface area contributed by atoms with Crippen LogP contribution in [-0.2, 0) is 0 Å². The number of benzene rings is 3. The molecule has 10 heteroatoms. The summed E-state index contributed by atoms with van der Waals surface area (Å²) < 4.78 is 40.0. The van der Waals surface area contributed by atoms with Gasteiger partial charge >= 0.3 is 0 Å². The maximum atomic E-state index is 13.4. The van der Waals surface area contributed by atoms with Crippen molar-refractivity contribution in [2.75, 3.05) is 35.0 Å². The lowest BCUT2D eigenvalue weighted by molar-refractivity contribution is -0.0135. The molecular weight excluding hydrogens is 472 g/mol. The van der Waals surface area contributed by atoms with Gasteiger partial charge in [-0.15, -0.1) is 0 Å². The van der Waals surface area contributed by atoms with E-state index in [0.29, 0.717) is 16.9 Å². The van der Waals surface area contributed by atoms with Crippen LogP contribution in [-0.4, -0.2) is 51.4 Å². The van der Waals surface area contributed by atoms with E-state index >= 15 is 0 Å². The van der Waals surface area contributed by atoms with Gasteiger partial charge in [0.25, 0.3) is 0 Å². The van der Waals surface area contributed by atoms with Gasteiger partial charge in [0.1, 0.15) is 16.7 Å². The molecule has 0 spiro atoms. The fraction of sp³-hybridized carbons (Fsp3) is 0.269. The van der Waals surface area contributed by atoms with Crippen LogP contribution >= 0.6 is 0 Å². The summed E-state index contributed by atoms with van der Waals surface area (Å²) in [5, 5.41) is 21.0. The summed E-state index contributed by atoms with van der Waals surface area (Å²) in [6.45, 7) is -0.431. The van der Waals surface area contributed by atoms with Crippen molar-refractivity contribution in [2.45, 2.75) is 12.2 Å². The fourth-order valence-electron chi connectivity index (χ4n) is 4.38. The number of aliphatic hydroxyl groups is 1. The van der Waals surface area contributed by atoms with Crippen LogP contribution in [0.3, 0.4) is 0 Å². The van der Waals surface area contributed by atoms with E-state index in [1.54, 1.807) is 30.3 Å². The number of fused-ring (bicyclic) bond motifs is 4. The lowest BCUT2D eigenvalue weighted by atomic mass is 10.0. The number of phenols is 1. The molecule has 0 fully saturated rings. The number of aromatic hydroxyl groups is 1. The molecule has 1 aliphatic heterocycles. The summed E-state index contributed by atoms with van der Waals surface area (Å²) in [6, 6.07) is 9.68. The molecule has 1 aliphatic rings. The molecule has 0 bridgehead atoms. The summed E-state index contributed by atoms with van der Waals surface area (Å²) in [6.07, 6.45) is -1.75. The van der Waals surface area contributed by atoms with Crippen molar-refractivity contribution >= 4 is 21.9 Å². The first kappa shape index (κ1) is 23.4. The molecule has 2 N–H and O–H groups in total. The Morgan fingerprint density at radius 3 is 2.14 bits per heavy atom. The minimum Gasteiger partial charge on any atom is -0.502 e. The van der Waals surface area contributed by atoms with E-state index in [1.807, 2.05) is 0 Å². The second-order valence-corrected chi connectivity index (χ2v) is 8.03. The standard InChI is InChI=1S/C26H24O10/c1-30-14-6-5-7-15-20(14)21(28)13-10-18(33-4)25-26(24(13)34-15)35-19(11-27)23(36-25)12-8-16(31-2)22(29)17(9-12)32-3/h5-10,19,23,27,29H,11H2,1-4H3/t19-,23-/m0/s1. The third kappa shape index (κ3) is 3.49. The number of hydrogen-bond acceptors (Lipinski definition) is 10. The van der Waals surface area contributed by atoms with Gasteiger partial charge in [0.15, 0.2) is 35.0 Å². The Hall–Kier alpha value is -4.31. The number of hydrogen-bond donors (Lipinski definition) is 2. The second-order valence-electron chi connectivity index (χ2n) is 8.03. The predicted molar refractivity (Wildman–Crippen MR) is 129 cm³/mol. The SMILES string of the molecule is COc1cc([C@@H]2Oc3c(OC)cc4c(=O)c5c(OC)cccc5oc4c3O[C@H]2CO)cc(OC)c1O. The molecule has 0 saturated heterocycles. The Balaban J connectivity index is 1.73. The third-order valence-electron chi connectivity index (χ3n) is 6.13. The molecule has 0 amide bonds. The molecule has 5 rings (SSSR count). The normalized spacial score (nSPS) is 16.7. The lowest BCUT2D eigenvalue weighted by Gasteiger charge is -2.34. The molecular formula is C26H24O10. The third-order valence-corrected chi connectivity index (χ3v) is 6.13. The maximum Gasteiger partial charge on any atom is 0.209 e. The lowest BCUT2D eigenvalue weighted by Crippen LogP contribution is -2.36. The molecule has 10 nitrogen and oxygen atoms in total. The molecule has 3 aromatic carbocycles. The first-order chi connectivity index (χ1) is 17.4. The summed E-state index contributed by atoms with van der Waals surface area (Å²) in [5.41, 5.74) is 0.634. The zero-order valence-corrected chi connectivity index (χ0v) is 20.0. The zero-order valence-electron chi connectivity index (χ0n) is 20.0. The minimum absolute atomic E-state index is 0.124. The quantitative estimate of drug-likeness (QED) is 0.383. The molecule has 0 saturated carbocycles. The smallest absolute Gasteiger partial charge is 0.209 e. The molecule has 2 atom stereocenters. The van der Waals surface area contributed by atoms with Gasteiger partial charge in [-0.05, 0) is 30.3 Å². The Labute approximate surface area is 205 Å². The van der Waals surface area contributed by atoms with Crippen LogP contribution in [0.1, 0.15) is 11.7 Å². The van der Waals surface area contributed by atoms with Crippen LogP contribution in [0.25, 0.3) is 21.9 Å². The van der Waals surface area contributed by atoms with E-state index < -0.39 is 18.8 Å². The first-order valence-electron chi connectivity index (χ1n) is 11.0. The van der Waals surface area contributed by atoms with Gasteiger partial charge in [0.05, 0.1) is 40.4 Å². The number of ether oxygens (including phenoxy) is 6. The van der Waals surface area contributed by atoms with E-state index in [2.05, 4.69) is 0 Å². The zero-order chi connectivity index (χ0) is 25.6. The topological polar surface area (TPSA) is 126 Å². The van der Waals surface area contributed by atoms with Crippen LogP contribution in [0.5, 0.6) is 40.2 Å². The van der Waals surface area contributed by atoms with Gasteiger partial charge in [0.2, 0.25) is 22.7 Å². The molecule has 2 heterocycles. The van der Waals surface area contributed by atoms with Crippen LogP contribution < -0.4 is 33.8 Å². The van der Waals surface area contributed by atoms with Gasteiger partial charge in [-0.1, -0.05) is 6.07 Å². The Morgan fingerprint density at radius 1 is 0.861 bits per heavy atom. The Kier molecular flexibility index (Phi) is 5.89. The molecule has 4 aromatic rings. The summed E-state index contributed by atoms with van der Waals surface area (Å²) in [4.78, 5) is 13.4. The second kappa shape index (κ2) is 9.04. The van der Waals surface area contributed by atoms with Crippen molar-refractivity contribution in [3.63, 3.8) is 0 Å². The maximum absolute atomic E-state index is 13.4. The molecule has 36 heavy (non-hydrogen) atoms. The minimum atomic E-state index is -0.905. The van der Waals surface area contributed by atoms with Crippen LogP contribution in [0.15, 0.2) is 45.6 Å². The summed E-state index contributed by atoms with van der Waals surface area (Å²) in [5.74, 6) is 1.07. The fourth-order valence-corrected chi connectivity index (χ4v) is 4.38. The van der Waals surface area contributed by atoms with Crippen LogP contribution in [0, 0.1) is 0 Å². The van der Waals surface area contributed by atoms with E-state index in [-0.39, 0.29) is 56.3 Å². The van der Waals surface area contributed by atoms with Crippen molar-refractivity contribution in [1.29, 1.82) is 0 Å². The number of phenolic OH excluding ortho intramolecular Hbond substituents is 1.